The number of para-hydroxylation sites is 1. The third kappa shape index (κ3) is 2.17. The van der Waals surface area contributed by atoms with E-state index in [-0.39, 0.29) is 5.91 Å². The van der Waals surface area contributed by atoms with Gasteiger partial charge in [0.1, 0.15) is 0 Å². The number of carbonyl (C=O) groups excluding carboxylic acids is 1. The van der Waals surface area contributed by atoms with Crippen molar-refractivity contribution in [3.8, 4) is 5.75 Å². The fourth-order valence-electron chi connectivity index (χ4n) is 2.22. The minimum absolute atomic E-state index is 0.0958. The van der Waals surface area contributed by atoms with Crippen molar-refractivity contribution >= 4 is 16.9 Å². The Morgan fingerprint density at radius 2 is 2.11 bits per heavy atom. The number of fused-ring (bicyclic) bond motifs is 1. The molecular formula is C14H15NO4. The molecule has 1 aromatic heterocycles. The summed E-state index contributed by atoms with van der Waals surface area (Å²) in [5, 5.41) is 0.871. The van der Waals surface area contributed by atoms with Gasteiger partial charge >= 0.3 is 0 Å². The van der Waals surface area contributed by atoms with Gasteiger partial charge in [-0.25, -0.2) is 0 Å². The lowest BCUT2D eigenvalue weighted by atomic mass is 10.2. The molecule has 0 saturated carbocycles. The second-order valence-electron chi connectivity index (χ2n) is 4.39. The number of ether oxygens (including phenoxy) is 2. The lowest BCUT2D eigenvalue weighted by molar-refractivity contribution is 0.0284. The molecule has 0 atom stereocenters. The number of amides is 1. The zero-order valence-corrected chi connectivity index (χ0v) is 10.7. The van der Waals surface area contributed by atoms with Crippen LogP contribution in [0.4, 0.5) is 0 Å². The average Bonchev–Trinajstić information content (AvgIpc) is 2.91. The molecule has 1 fully saturated rings. The predicted octanol–water partition coefficient (Wildman–Crippen LogP) is 1.91. The summed E-state index contributed by atoms with van der Waals surface area (Å²) in [6.07, 6.45) is 0. The van der Waals surface area contributed by atoms with Gasteiger partial charge in [-0.3, -0.25) is 4.79 Å². The molecule has 0 radical (unpaired) electrons. The van der Waals surface area contributed by atoms with Gasteiger partial charge in [-0.2, -0.15) is 0 Å². The zero-order valence-electron chi connectivity index (χ0n) is 10.7. The number of rotatable bonds is 2. The summed E-state index contributed by atoms with van der Waals surface area (Å²) in [4.78, 5) is 14.0. The third-order valence-corrected chi connectivity index (χ3v) is 3.24. The van der Waals surface area contributed by atoms with Crippen LogP contribution in [0.5, 0.6) is 5.75 Å². The zero-order chi connectivity index (χ0) is 13.2. The largest absolute Gasteiger partial charge is 0.493 e. The molecule has 2 heterocycles. The van der Waals surface area contributed by atoms with Crippen LogP contribution in [0.15, 0.2) is 28.7 Å². The number of carbonyl (C=O) groups is 1. The highest BCUT2D eigenvalue weighted by atomic mass is 16.5. The Morgan fingerprint density at radius 1 is 1.32 bits per heavy atom. The highest BCUT2D eigenvalue weighted by Gasteiger charge is 2.22. The lowest BCUT2D eigenvalue weighted by Crippen LogP contribution is -2.40. The van der Waals surface area contributed by atoms with Crippen molar-refractivity contribution in [3.63, 3.8) is 0 Å². The van der Waals surface area contributed by atoms with Crippen LogP contribution in [-0.4, -0.2) is 44.2 Å². The molecule has 5 heteroatoms. The van der Waals surface area contributed by atoms with E-state index in [9.17, 15) is 4.79 Å². The number of hydrogen-bond donors (Lipinski definition) is 0. The van der Waals surface area contributed by atoms with Crippen molar-refractivity contribution in [3.05, 3.63) is 30.0 Å². The lowest BCUT2D eigenvalue weighted by Gasteiger charge is -2.25. The maximum absolute atomic E-state index is 12.3. The molecule has 0 unspecified atom stereocenters. The maximum Gasteiger partial charge on any atom is 0.289 e. The van der Waals surface area contributed by atoms with Gasteiger partial charge in [0.15, 0.2) is 17.1 Å². The summed E-state index contributed by atoms with van der Waals surface area (Å²) in [5.74, 6) is 0.890. The minimum Gasteiger partial charge on any atom is -0.493 e. The molecule has 1 aliphatic heterocycles. The van der Waals surface area contributed by atoms with Crippen LogP contribution in [0, 0.1) is 0 Å². The van der Waals surface area contributed by atoms with E-state index in [1.165, 1.54) is 0 Å². The number of morpholine rings is 1. The van der Waals surface area contributed by atoms with Gasteiger partial charge in [0.05, 0.1) is 20.3 Å². The molecule has 0 N–H and O–H groups in total. The van der Waals surface area contributed by atoms with Gasteiger partial charge in [0, 0.05) is 18.5 Å². The van der Waals surface area contributed by atoms with Crippen molar-refractivity contribution in [2.75, 3.05) is 33.4 Å². The third-order valence-electron chi connectivity index (χ3n) is 3.24. The Labute approximate surface area is 110 Å². The molecule has 1 saturated heterocycles. The Kier molecular flexibility index (Phi) is 3.13. The summed E-state index contributed by atoms with van der Waals surface area (Å²) >= 11 is 0. The Balaban J connectivity index is 1.94. The van der Waals surface area contributed by atoms with E-state index in [1.54, 1.807) is 18.1 Å². The smallest absolute Gasteiger partial charge is 0.289 e. The average molecular weight is 261 g/mol. The quantitative estimate of drug-likeness (QED) is 0.828. The fourth-order valence-corrected chi connectivity index (χ4v) is 2.22. The van der Waals surface area contributed by atoms with Gasteiger partial charge in [-0.15, -0.1) is 0 Å². The first-order chi connectivity index (χ1) is 9.29. The van der Waals surface area contributed by atoms with Crippen LogP contribution >= 0.6 is 0 Å². The standard InChI is InChI=1S/C14H15NO4/c1-17-11-4-2-3-10-9-12(19-13(10)11)14(16)15-5-7-18-8-6-15/h2-4,9H,5-8H2,1H3. The number of benzene rings is 1. The van der Waals surface area contributed by atoms with Gasteiger partial charge in [0.25, 0.3) is 5.91 Å². The molecule has 0 spiro atoms. The summed E-state index contributed by atoms with van der Waals surface area (Å²) in [6, 6.07) is 7.35. The van der Waals surface area contributed by atoms with Crippen molar-refractivity contribution < 1.29 is 18.7 Å². The van der Waals surface area contributed by atoms with E-state index in [0.29, 0.717) is 43.4 Å². The van der Waals surface area contributed by atoms with Gasteiger partial charge in [-0.05, 0) is 12.1 Å². The van der Waals surface area contributed by atoms with Crippen LogP contribution in [0.25, 0.3) is 11.0 Å². The van der Waals surface area contributed by atoms with Crippen LogP contribution in [0.1, 0.15) is 10.6 Å². The van der Waals surface area contributed by atoms with Crippen LogP contribution in [-0.2, 0) is 4.74 Å². The molecule has 0 aliphatic carbocycles. The summed E-state index contributed by atoms with van der Waals surface area (Å²) in [7, 11) is 1.58. The van der Waals surface area contributed by atoms with E-state index < -0.39 is 0 Å². The predicted molar refractivity (Wildman–Crippen MR) is 69.5 cm³/mol. The van der Waals surface area contributed by atoms with Crippen molar-refractivity contribution in [2.45, 2.75) is 0 Å². The highest BCUT2D eigenvalue weighted by Crippen LogP contribution is 2.29. The summed E-state index contributed by atoms with van der Waals surface area (Å²) in [6.45, 7) is 2.37. The molecule has 5 nitrogen and oxygen atoms in total. The molecule has 1 aliphatic rings. The molecule has 100 valence electrons. The van der Waals surface area contributed by atoms with E-state index in [4.69, 9.17) is 13.9 Å². The van der Waals surface area contributed by atoms with Gasteiger partial charge in [0.2, 0.25) is 0 Å². The van der Waals surface area contributed by atoms with Crippen LogP contribution < -0.4 is 4.74 Å². The summed E-state index contributed by atoms with van der Waals surface area (Å²) < 4.78 is 16.1. The minimum atomic E-state index is -0.0958. The van der Waals surface area contributed by atoms with Crippen LogP contribution in [0.2, 0.25) is 0 Å². The normalized spacial score (nSPS) is 15.7. The second kappa shape index (κ2) is 4.93. The first-order valence-electron chi connectivity index (χ1n) is 6.23. The van der Waals surface area contributed by atoms with Crippen LogP contribution in [0.3, 0.4) is 0 Å². The molecule has 0 bridgehead atoms. The highest BCUT2D eigenvalue weighted by molar-refractivity contribution is 5.97. The Morgan fingerprint density at radius 3 is 2.84 bits per heavy atom. The number of furan rings is 1. The van der Waals surface area contributed by atoms with Gasteiger partial charge in [-0.1, -0.05) is 12.1 Å². The van der Waals surface area contributed by atoms with Crippen molar-refractivity contribution in [2.24, 2.45) is 0 Å². The first-order valence-corrected chi connectivity index (χ1v) is 6.23. The van der Waals surface area contributed by atoms with E-state index in [1.807, 2.05) is 18.2 Å². The Hall–Kier alpha value is -2.01. The monoisotopic (exact) mass is 261 g/mol. The number of hydrogen-bond acceptors (Lipinski definition) is 4. The maximum atomic E-state index is 12.3. The van der Waals surface area contributed by atoms with Gasteiger partial charge < -0.3 is 18.8 Å². The van der Waals surface area contributed by atoms with Crippen molar-refractivity contribution in [1.29, 1.82) is 0 Å². The van der Waals surface area contributed by atoms with E-state index >= 15 is 0 Å². The molecule has 19 heavy (non-hydrogen) atoms. The first kappa shape index (κ1) is 12.0. The topological polar surface area (TPSA) is 51.9 Å². The van der Waals surface area contributed by atoms with E-state index in [2.05, 4.69) is 0 Å². The number of methoxy groups -OCH3 is 1. The second-order valence-corrected chi connectivity index (χ2v) is 4.39. The van der Waals surface area contributed by atoms with E-state index in [0.717, 1.165) is 5.39 Å². The number of nitrogens with zero attached hydrogens (tertiary/aromatic N) is 1. The SMILES string of the molecule is COc1cccc2cc(C(=O)N3CCOCC3)oc12. The molecule has 1 amide bonds. The molecular weight excluding hydrogens is 246 g/mol. The molecule has 3 rings (SSSR count). The molecule has 1 aromatic carbocycles. The van der Waals surface area contributed by atoms with Crippen molar-refractivity contribution in [1.82, 2.24) is 4.90 Å². The summed E-state index contributed by atoms with van der Waals surface area (Å²) in [5.41, 5.74) is 0.613. The fraction of sp³-hybridized carbons (Fsp3) is 0.357. The molecule has 2 aromatic rings. The Bertz CT molecular complexity index is 599.